The molecule has 0 aliphatic rings. The van der Waals surface area contributed by atoms with Crippen LogP contribution in [0.5, 0.6) is 11.5 Å². The van der Waals surface area contributed by atoms with Crippen molar-refractivity contribution >= 4 is 5.69 Å². The van der Waals surface area contributed by atoms with E-state index in [4.69, 9.17) is 15.2 Å². The van der Waals surface area contributed by atoms with Crippen molar-refractivity contribution in [1.29, 1.82) is 0 Å². The van der Waals surface area contributed by atoms with Crippen LogP contribution in [0.25, 0.3) is 0 Å². The summed E-state index contributed by atoms with van der Waals surface area (Å²) < 4.78 is 11.4. The lowest BCUT2D eigenvalue weighted by molar-refractivity contribution is 0.216. The zero-order valence-electron chi connectivity index (χ0n) is 12.3. The molecule has 20 heavy (non-hydrogen) atoms. The van der Waals surface area contributed by atoms with E-state index in [1.54, 1.807) is 0 Å². The summed E-state index contributed by atoms with van der Waals surface area (Å²) in [6.07, 6.45) is 0. The Labute approximate surface area is 120 Å². The van der Waals surface area contributed by atoms with E-state index in [-0.39, 0.29) is 0 Å². The van der Waals surface area contributed by atoms with E-state index in [1.165, 1.54) is 11.1 Å². The highest BCUT2D eigenvalue weighted by Gasteiger charge is 2.01. The maximum absolute atomic E-state index is 5.74. The summed E-state index contributed by atoms with van der Waals surface area (Å²) in [7, 11) is 0. The lowest BCUT2D eigenvalue weighted by Gasteiger charge is -2.11. The van der Waals surface area contributed by atoms with Gasteiger partial charge < -0.3 is 15.2 Å². The average Bonchev–Trinajstić information content (AvgIpc) is 2.37. The summed E-state index contributed by atoms with van der Waals surface area (Å²) in [5.74, 6) is 1.70. The maximum Gasteiger partial charge on any atom is 0.124 e. The predicted octanol–water partition coefficient (Wildman–Crippen LogP) is 3.65. The number of aryl methyl sites for hydroxylation is 3. The molecule has 0 radical (unpaired) electrons. The fraction of sp³-hybridized carbons (Fsp3) is 0.294. The molecule has 106 valence electrons. The number of nitrogen functional groups attached to an aromatic ring is 1. The number of benzene rings is 2. The van der Waals surface area contributed by atoms with Crippen LogP contribution in [0.2, 0.25) is 0 Å². The third kappa shape index (κ3) is 3.92. The van der Waals surface area contributed by atoms with Gasteiger partial charge in [0.1, 0.15) is 24.7 Å². The van der Waals surface area contributed by atoms with E-state index in [9.17, 15) is 0 Å². The van der Waals surface area contributed by atoms with Crippen LogP contribution >= 0.6 is 0 Å². The second kappa shape index (κ2) is 6.33. The number of hydrogen-bond donors (Lipinski definition) is 1. The van der Waals surface area contributed by atoms with E-state index in [0.717, 1.165) is 17.1 Å². The zero-order valence-corrected chi connectivity index (χ0v) is 12.3. The third-order valence-electron chi connectivity index (χ3n) is 3.02. The van der Waals surface area contributed by atoms with Crippen LogP contribution in [-0.2, 0) is 0 Å². The van der Waals surface area contributed by atoms with Gasteiger partial charge in [-0.25, -0.2) is 0 Å². The predicted molar refractivity (Wildman–Crippen MR) is 82.5 cm³/mol. The van der Waals surface area contributed by atoms with Crippen molar-refractivity contribution in [2.24, 2.45) is 0 Å². The van der Waals surface area contributed by atoms with Gasteiger partial charge in [-0.05, 0) is 55.7 Å². The Bertz CT molecular complexity index is 573. The Morgan fingerprint density at radius 1 is 0.850 bits per heavy atom. The number of anilines is 1. The van der Waals surface area contributed by atoms with Crippen molar-refractivity contribution in [2.75, 3.05) is 18.9 Å². The van der Waals surface area contributed by atoms with E-state index in [0.29, 0.717) is 18.9 Å². The van der Waals surface area contributed by atoms with E-state index < -0.39 is 0 Å². The maximum atomic E-state index is 5.74. The summed E-state index contributed by atoms with van der Waals surface area (Å²) in [4.78, 5) is 0. The number of hydrogen-bond acceptors (Lipinski definition) is 3. The quantitative estimate of drug-likeness (QED) is 0.667. The summed E-state index contributed by atoms with van der Waals surface area (Å²) >= 11 is 0. The Morgan fingerprint density at radius 2 is 1.50 bits per heavy atom. The zero-order chi connectivity index (χ0) is 14.5. The van der Waals surface area contributed by atoms with Gasteiger partial charge in [-0.1, -0.05) is 12.1 Å². The van der Waals surface area contributed by atoms with Crippen molar-refractivity contribution < 1.29 is 9.47 Å². The first-order chi connectivity index (χ1) is 9.54. The van der Waals surface area contributed by atoms with Gasteiger partial charge >= 0.3 is 0 Å². The van der Waals surface area contributed by atoms with Gasteiger partial charge in [-0.15, -0.1) is 0 Å². The van der Waals surface area contributed by atoms with Gasteiger partial charge in [0.15, 0.2) is 0 Å². The highest BCUT2D eigenvalue weighted by Crippen LogP contribution is 2.21. The molecule has 2 rings (SSSR count). The molecule has 0 heterocycles. The SMILES string of the molecule is Cc1cc(C)cc(OCCOc2cc(N)ccc2C)c1. The van der Waals surface area contributed by atoms with Crippen molar-refractivity contribution in [3.8, 4) is 11.5 Å². The molecule has 0 aliphatic carbocycles. The number of rotatable bonds is 5. The minimum absolute atomic E-state index is 0.497. The normalized spacial score (nSPS) is 10.3. The summed E-state index contributed by atoms with van der Waals surface area (Å²) in [5.41, 5.74) is 9.93. The third-order valence-corrected chi connectivity index (χ3v) is 3.02. The van der Waals surface area contributed by atoms with Gasteiger partial charge in [0.25, 0.3) is 0 Å². The number of ether oxygens (including phenoxy) is 2. The molecular formula is C17H21NO2. The molecule has 0 unspecified atom stereocenters. The smallest absolute Gasteiger partial charge is 0.124 e. The topological polar surface area (TPSA) is 44.5 Å². The van der Waals surface area contributed by atoms with Crippen LogP contribution in [0.3, 0.4) is 0 Å². The average molecular weight is 271 g/mol. The molecule has 0 amide bonds. The number of nitrogens with two attached hydrogens (primary N) is 1. The Hall–Kier alpha value is -2.16. The summed E-state index contributed by atoms with van der Waals surface area (Å²) in [5, 5.41) is 0. The lowest BCUT2D eigenvalue weighted by Crippen LogP contribution is -2.10. The fourth-order valence-electron chi connectivity index (χ4n) is 2.10. The molecule has 2 aromatic carbocycles. The van der Waals surface area contributed by atoms with Gasteiger partial charge in [0.05, 0.1) is 0 Å². The highest BCUT2D eigenvalue weighted by molar-refractivity contribution is 5.47. The molecule has 0 aliphatic heterocycles. The van der Waals surface area contributed by atoms with E-state index >= 15 is 0 Å². The lowest BCUT2D eigenvalue weighted by atomic mass is 10.1. The fourth-order valence-corrected chi connectivity index (χ4v) is 2.10. The first-order valence-electron chi connectivity index (χ1n) is 6.74. The molecule has 0 bridgehead atoms. The van der Waals surface area contributed by atoms with E-state index in [2.05, 4.69) is 19.9 Å². The molecule has 2 aromatic rings. The molecule has 3 nitrogen and oxygen atoms in total. The minimum atomic E-state index is 0.497. The second-order valence-electron chi connectivity index (χ2n) is 5.05. The van der Waals surface area contributed by atoms with Crippen LogP contribution in [0, 0.1) is 20.8 Å². The standard InChI is InChI=1S/C17H21NO2/c1-12-8-13(2)10-16(9-12)19-6-7-20-17-11-15(18)5-4-14(17)3/h4-5,8-11H,6-7,18H2,1-3H3. The van der Waals surface area contributed by atoms with Gasteiger partial charge in [-0.3, -0.25) is 0 Å². The molecule has 0 saturated heterocycles. The van der Waals surface area contributed by atoms with Crippen LogP contribution in [0.1, 0.15) is 16.7 Å². The van der Waals surface area contributed by atoms with Gasteiger partial charge in [0, 0.05) is 11.8 Å². The Balaban J connectivity index is 1.86. The molecule has 3 heteroatoms. The van der Waals surface area contributed by atoms with Crippen molar-refractivity contribution in [2.45, 2.75) is 20.8 Å². The van der Waals surface area contributed by atoms with Crippen molar-refractivity contribution in [3.63, 3.8) is 0 Å². The highest BCUT2D eigenvalue weighted by atomic mass is 16.5. The van der Waals surface area contributed by atoms with Crippen LogP contribution < -0.4 is 15.2 Å². The minimum Gasteiger partial charge on any atom is -0.490 e. The first-order valence-corrected chi connectivity index (χ1v) is 6.74. The second-order valence-corrected chi connectivity index (χ2v) is 5.05. The molecule has 0 fully saturated rings. The molecule has 0 saturated carbocycles. The van der Waals surface area contributed by atoms with Crippen molar-refractivity contribution in [1.82, 2.24) is 0 Å². The van der Waals surface area contributed by atoms with Crippen molar-refractivity contribution in [3.05, 3.63) is 53.1 Å². The largest absolute Gasteiger partial charge is 0.490 e. The van der Waals surface area contributed by atoms with E-state index in [1.807, 2.05) is 37.3 Å². The van der Waals surface area contributed by atoms with Crippen LogP contribution in [0.4, 0.5) is 5.69 Å². The molecular weight excluding hydrogens is 250 g/mol. The summed E-state index contributed by atoms with van der Waals surface area (Å²) in [6, 6.07) is 11.8. The van der Waals surface area contributed by atoms with Crippen LogP contribution in [0.15, 0.2) is 36.4 Å². The van der Waals surface area contributed by atoms with Gasteiger partial charge in [-0.2, -0.15) is 0 Å². The molecule has 2 N–H and O–H groups in total. The molecule has 0 atom stereocenters. The molecule has 0 spiro atoms. The van der Waals surface area contributed by atoms with Crippen LogP contribution in [-0.4, -0.2) is 13.2 Å². The first kappa shape index (κ1) is 14.3. The van der Waals surface area contributed by atoms with Gasteiger partial charge in [0.2, 0.25) is 0 Å². The monoisotopic (exact) mass is 271 g/mol. The molecule has 0 aromatic heterocycles. The Morgan fingerprint density at radius 3 is 2.20 bits per heavy atom. The summed E-state index contributed by atoms with van der Waals surface area (Å²) in [6.45, 7) is 7.13. The Kier molecular flexibility index (Phi) is 4.51.